The van der Waals surface area contributed by atoms with Gasteiger partial charge < -0.3 is 4.74 Å². The number of rotatable bonds is 3. The minimum atomic E-state index is -4.65. The quantitative estimate of drug-likeness (QED) is 0.711. The number of para-hydroxylation sites is 2. The van der Waals surface area contributed by atoms with Crippen LogP contribution in [0.4, 0.5) is 13.2 Å². The predicted octanol–water partition coefficient (Wildman–Crippen LogP) is 4.36. The van der Waals surface area contributed by atoms with Crippen LogP contribution in [0.3, 0.4) is 0 Å². The van der Waals surface area contributed by atoms with E-state index >= 15 is 0 Å². The molecule has 2 aromatic heterocycles. The number of aromatic nitrogens is 3. The first-order chi connectivity index (χ1) is 10.9. The van der Waals surface area contributed by atoms with Gasteiger partial charge in [0.05, 0.1) is 11.0 Å². The molecule has 3 rings (SSSR count). The Labute approximate surface area is 133 Å². The molecule has 0 spiro atoms. The molecule has 0 N–H and O–H groups in total. The van der Waals surface area contributed by atoms with Crippen LogP contribution in [0.5, 0.6) is 5.88 Å². The van der Waals surface area contributed by atoms with Gasteiger partial charge in [-0.3, -0.25) is 4.98 Å². The molecule has 1 atom stereocenters. The molecular weight excluding hydrogens is 331 g/mol. The van der Waals surface area contributed by atoms with Crippen LogP contribution in [-0.2, 0) is 0 Å². The van der Waals surface area contributed by atoms with Crippen molar-refractivity contribution in [1.82, 2.24) is 15.0 Å². The number of fused-ring (bicyclic) bond motifs is 1. The molecule has 0 aliphatic rings. The molecule has 1 aromatic carbocycles. The van der Waals surface area contributed by atoms with Crippen molar-refractivity contribution >= 4 is 22.6 Å². The smallest absolute Gasteiger partial charge is 0.429 e. The molecule has 0 bridgehead atoms. The number of halogens is 4. The average molecular weight is 340 g/mol. The second-order valence-electron chi connectivity index (χ2n) is 4.63. The highest BCUT2D eigenvalue weighted by Gasteiger charge is 2.44. The summed E-state index contributed by atoms with van der Waals surface area (Å²) in [7, 11) is 0. The average Bonchev–Trinajstić information content (AvgIpc) is 2.52. The van der Waals surface area contributed by atoms with Crippen molar-refractivity contribution in [2.24, 2.45) is 0 Å². The van der Waals surface area contributed by atoms with Gasteiger partial charge in [0.1, 0.15) is 0 Å². The van der Waals surface area contributed by atoms with Gasteiger partial charge in [0, 0.05) is 18.0 Å². The summed E-state index contributed by atoms with van der Waals surface area (Å²) in [4.78, 5) is 11.7. The van der Waals surface area contributed by atoms with Crippen molar-refractivity contribution in [3.63, 3.8) is 0 Å². The molecule has 8 heteroatoms. The summed E-state index contributed by atoms with van der Waals surface area (Å²) in [6.07, 6.45) is -4.43. The number of nitrogens with zero attached hydrogens (tertiary/aromatic N) is 3. The Morgan fingerprint density at radius 1 is 1.00 bits per heavy atom. The molecule has 23 heavy (non-hydrogen) atoms. The zero-order chi connectivity index (χ0) is 16.4. The first-order valence-corrected chi connectivity index (χ1v) is 6.88. The van der Waals surface area contributed by atoms with Crippen molar-refractivity contribution in [3.05, 3.63) is 59.5 Å². The molecule has 0 saturated carbocycles. The summed E-state index contributed by atoms with van der Waals surface area (Å²) in [5.41, 5.74) is 0.708. The van der Waals surface area contributed by atoms with Crippen LogP contribution in [0.15, 0.2) is 48.8 Å². The Morgan fingerprint density at radius 3 is 2.30 bits per heavy atom. The van der Waals surface area contributed by atoms with Gasteiger partial charge in [-0.2, -0.15) is 13.2 Å². The molecule has 0 radical (unpaired) electrons. The molecule has 118 valence electrons. The van der Waals surface area contributed by atoms with E-state index in [4.69, 9.17) is 16.3 Å². The van der Waals surface area contributed by atoms with Crippen molar-refractivity contribution in [3.8, 4) is 5.88 Å². The third-order valence-corrected chi connectivity index (χ3v) is 3.26. The largest absolute Gasteiger partial charge is 0.457 e. The summed E-state index contributed by atoms with van der Waals surface area (Å²) >= 11 is 5.90. The first kappa shape index (κ1) is 15.5. The molecule has 4 nitrogen and oxygen atoms in total. The van der Waals surface area contributed by atoms with E-state index in [9.17, 15) is 13.2 Å². The lowest BCUT2D eigenvalue weighted by atomic mass is 10.1. The van der Waals surface area contributed by atoms with Crippen LogP contribution in [0.25, 0.3) is 11.0 Å². The zero-order valence-corrected chi connectivity index (χ0v) is 12.2. The normalized spacial score (nSPS) is 13.0. The molecule has 3 aromatic rings. The maximum atomic E-state index is 13.3. The van der Waals surface area contributed by atoms with Crippen LogP contribution < -0.4 is 4.74 Å². The lowest BCUT2D eigenvalue weighted by Crippen LogP contribution is -2.26. The van der Waals surface area contributed by atoms with Crippen molar-refractivity contribution in [2.45, 2.75) is 12.3 Å². The molecule has 0 fully saturated rings. The Balaban J connectivity index is 2.02. The first-order valence-electron chi connectivity index (χ1n) is 6.51. The van der Waals surface area contributed by atoms with Gasteiger partial charge in [0.25, 0.3) is 5.88 Å². The van der Waals surface area contributed by atoms with E-state index < -0.39 is 12.3 Å². The molecule has 0 unspecified atom stereocenters. The molecule has 0 aliphatic heterocycles. The lowest BCUT2D eigenvalue weighted by Gasteiger charge is -2.21. The van der Waals surface area contributed by atoms with Gasteiger partial charge in [-0.15, -0.1) is 0 Å². The van der Waals surface area contributed by atoms with Gasteiger partial charge in [0.2, 0.25) is 6.10 Å². The fraction of sp³-hybridized carbons (Fsp3) is 0.133. The predicted molar refractivity (Wildman–Crippen MR) is 78.2 cm³/mol. The Morgan fingerprint density at radius 2 is 1.70 bits per heavy atom. The highest BCUT2D eigenvalue weighted by molar-refractivity contribution is 6.31. The number of hydrogen-bond acceptors (Lipinski definition) is 4. The fourth-order valence-electron chi connectivity index (χ4n) is 2.00. The number of alkyl halides is 3. The number of ether oxygens (including phenoxy) is 1. The standard InChI is InChI=1S/C15H9ClF3N3O/c16-13-14(22-11-6-2-1-5-10(11)21-13)23-12(15(17,18)19)9-4-3-7-20-8-9/h1-8,12H/t12-/m1/s1. The molecule has 0 saturated heterocycles. The third kappa shape index (κ3) is 3.34. The number of pyridine rings is 1. The minimum absolute atomic E-state index is 0.147. The van der Waals surface area contributed by atoms with Crippen LogP contribution >= 0.6 is 11.6 Å². The molecule has 2 heterocycles. The zero-order valence-electron chi connectivity index (χ0n) is 11.5. The van der Waals surface area contributed by atoms with E-state index in [0.717, 1.165) is 6.20 Å². The summed E-state index contributed by atoms with van der Waals surface area (Å²) in [5.74, 6) is -0.378. The highest BCUT2D eigenvalue weighted by Crippen LogP contribution is 2.37. The SMILES string of the molecule is FC(F)(F)[C@H](Oc1nc2ccccc2nc1Cl)c1cccnc1. The van der Waals surface area contributed by atoms with Crippen molar-refractivity contribution < 1.29 is 17.9 Å². The Bertz CT molecular complexity index is 827. The van der Waals surface area contributed by atoms with E-state index in [-0.39, 0.29) is 16.6 Å². The molecular formula is C15H9ClF3N3O. The van der Waals surface area contributed by atoms with E-state index in [1.54, 1.807) is 24.3 Å². The van der Waals surface area contributed by atoms with Crippen molar-refractivity contribution in [2.75, 3.05) is 0 Å². The fourth-order valence-corrected chi connectivity index (χ4v) is 2.18. The van der Waals surface area contributed by atoms with E-state index in [1.807, 2.05) is 0 Å². The summed E-state index contributed by atoms with van der Waals surface area (Å²) in [6, 6.07) is 9.34. The van der Waals surface area contributed by atoms with Gasteiger partial charge in [-0.05, 0) is 18.2 Å². The Hall–Kier alpha value is -2.41. The minimum Gasteiger partial charge on any atom is -0.457 e. The third-order valence-electron chi connectivity index (χ3n) is 3.01. The maximum Gasteiger partial charge on any atom is 0.429 e. The second-order valence-corrected chi connectivity index (χ2v) is 4.99. The lowest BCUT2D eigenvalue weighted by molar-refractivity contribution is -0.198. The monoisotopic (exact) mass is 339 g/mol. The van der Waals surface area contributed by atoms with Gasteiger partial charge >= 0.3 is 6.18 Å². The van der Waals surface area contributed by atoms with Crippen molar-refractivity contribution in [1.29, 1.82) is 0 Å². The Kier molecular flexibility index (Phi) is 4.04. The van der Waals surface area contributed by atoms with Gasteiger partial charge in [0.15, 0.2) is 5.15 Å². The summed E-state index contributed by atoms with van der Waals surface area (Å²) in [6.45, 7) is 0. The van der Waals surface area contributed by atoms with Crippen LogP contribution in [-0.4, -0.2) is 21.1 Å². The van der Waals surface area contributed by atoms with Gasteiger partial charge in [-0.1, -0.05) is 29.8 Å². The summed E-state index contributed by atoms with van der Waals surface area (Å²) < 4.78 is 44.9. The van der Waals surface area contributed by atoms with Gasteiger partial charge in [-0.25, -0.2) is 9.97 Å². The number of benzene rings is 1. The van der Waals surface area contributed by atoms with E-state index in [0.29, 0.717) is 11.0 Å². The van der Waals surface area contributed by atoms with Crippen LogP contribution in [0.2, 0.25) is 5.15 Å². The number of hydrogen-bond donors (Lipinski definition) is 0. The molecule has 0 amide bonds. The summed E-state index contributed by atoms with van der Waals surface area (Å²) in [5, 5.41) is -0.234. The van der Waals surface area contributed by atoms with Crippen LogP contribution in [0.1, 0.15) is 11.7 Å². The highest BCUT2D eigenvalue weighted by atomic mass is 35.5. The van der Waals surface area contributed by atoms with E-state index in [1.165, 1.54) is 18.3 Å². The van der Waals surface area contributed by atoms with Crippen LogP contribution in [0, 0.1) is 0 Å². The second kappa shape index (κ2) is 6.00. The topological polar surface area (TPSA) is 47.9 Å². The van der Waals surface area contributed by atoms with E-state index in [2.05, 4.69) is 15.0 Å². The molecule has 0 aliphatic carbocycles. The maximum absolute atomic E-state index is 13.3.